The topological polar surface area (TPSA) is 128 Å². The second kappa shape index (κ2) is 11.6. The summed E-state index contributed by atoms with van der Waals surface area (Å²) in [5.74, 6) is 2.29. The van der Waals surface area contributed by atoms with E-state index in [4.69, 9.17) is 4.74 Å². The Morgan fingerprint density at radius 2 is 1.95 bits per heavy atom. The van der Waals surface area contributed by atoms with Crippen LogP contribution in [0.4, 0.5) is 11.6 Å². The highest BCUT2D eigenvalue weighted by atomic mass is 16.5. The second-order valence-corrected chi connectivity index (χ2v) is 8.98. The maximum atomic E-state index is 12.6. The largest absolute Gasteiger partial charge is 0.462 e. The lowest BCUT2D eigenvalue weighted by Gasteiger charge is -2.22. The number of anilines is 2. The summed E-state index contributed by atoms with van der Waals surface area (Å²) in [6.07, 6.45) is 9.18. The van der Waals surface area contributed by atoms with E-state index in [1.165, 1.54) is 6.20 Å². The summed E-state index contributed by atoms with van der Waals surface area (Å²) in [6.45, 7) is 4.25. The summed E-state index contributed by atoms with van der Waals surface area (Å²) in [5.41, 5.74) is 2.84. The van der Waals surface area contributed by atoms with E-state index >= 15 is 0 Å². The zero-order chi connectivity index (χ0) is 25.5. The van der Waals surface area contributed by atoms with Gasteiger partial charge in [0.05, 0.1) is 12.2 Å². The molecule has 1 aliphatic heterocycles. The molecule has 1 aliphatic rings. The lowest BCUT2D eigenvalue weighted by Crippen LogP contribution is -2.32. The number of ether oxygens (including phenoxy) is 1. The smallest absolute Gasteiger partial charge is 0.339 e. The molecule has 0 saturated carbocycles. The molecule has 5 heterocycles. The molecule has 0 aromatic carbocycles. The molecule has 1 atom stereocenters. The van der Waals surface area contributed by atoms with Crippen molar-refractivity contribution in [2.24, 2.45) is 5.92 Å². The molecular weight excluding hydrogens is 468 g/mol. The van der Waals surface area contributed by atoms with Crippen LogP contribution in [-0.2, 0) is 11.2 Å². The van der Waals surface area contributed by atoms with Crippen LogP contribution >= 0.6 is 0 Å². The van der Waals surface area contributed by atoms with Crippen LogP contribution in [0.15, 0.2) is 61.2 Å². The summed E-state index contributed by atoms with van der Waals surface area (Å²) in [7, 11) is 0. The van der Waals surface area contributed by atoms with E-state index in [2.05, 4.69) is 40.5 Å². The highest BCUT2D eigenvalue weighted by molar-refractivity contribution is 5.89. The Kier molecular flexibility index (Phi) is 7.66. The molecule has 4 aromatic heterocycles. The third kappa shape index (κ3) is 6.68. The first kappa shape index (κ1) is 24.4. The first-order chi connectivity index (χ1) is 18.1. The molecule has 37 heavy (non-hydrogen) atoms. The number of hydrogen-bond acceptors (Lipinski definition) is 10. The Morgan fingerprint density at radius 1 is 1.08 bits per heavy atom. The number of esters is 1. The summed E-state index contributed by atoms with van der Waals surface area (Å²) >= 11 is 0. The first-order valence-corrected chi connectivity index (χ1v) is 12.3. The number of hydrogen-bond donors (Lipinski definition) is 2. The molecule has 2 N–H and O–H groups in total. The van der Waals surface area contributed by atoms with Crippen molar-refractivity contribution in [3.63, 3.8) is 0 Å². The third-order valence-corrected chi connectivity index (χ3v) is 5.98. The standard InChI is InChI=1S/C27H28N8O2/c1-18-4-2-6-22(32-18)26-31-11-8-24(35-26)33-23-7-10-30-25(34-23)13-20-12-21(16-29-15-20)27(36)37-17-19-5-3-9-28-14-19/h2,4,6-8,10-12,15-16,19,28H,3,5,9,13-14,17H2,1H3,(H,30,31,33,34,35)/t19-/m1/s1. The maximum Gasteiger partial charge on any atom is 0.339 e. The predicted molar refractivity (Wildman–Crippen MR) is 138 cm³/mol. The van der Waals surface area contributed by atoms with Gasteiger partial charge in [0.25, 0.3) is 0 Å². The van der Waals surface area contributed by atoms with Crippen LogP contribution in [-0.4, -0.2) is 55.6 Å². The zero-order valence-electron chi connectivity index (χ0n) is 20.6. The van der Waals surface area contributed by atoms with E-state index in [-0.39, 0.29) is 5.97 Å². The van der Waals surface area contributed by atoms with Crippen molar-refractivity contribution in [1.82, 2.24) is 35.2 Å². The summed E-state index contributed by atoms with van der Waals surface area (Å²) < 4.78 is 5.53. The van der Waals surface area contributed by atoms with Crippen LogP contribution in [0.25, 0.3) is 11.5 Å². The fourth-order valence-corrected chi connectivity index (χ4v) is 4.13. The fourth-order valence-electron chi connectivity index (χ4n) is 4.13. The fraction of sp³-hybridized carbons (Fsp3) is 0.296. The van der Waals surface area contributed by atoms with Crippen LogP contribution in [0.1, 0.15) is 40.3 Å². The van der Waals surface area contributed by atoms with Gasteiger partial charge in [0.1, 0.15) is 23.2 Å². The SMILES string of the molecule is Cc1cccc(-c2nccc(Nc3ccnc(Cc4cncc(C(=O)OC[C@@H]5CCCNC5)c4)n3)n2)n1. The average molecular weight is 497 g/mol. The molecule has 10 heteroatoms. The minimum Gasteiger partial charge on any atom is -0.462 e. The van der Waals surface area contributed by atoms with Crippen molar-refractivity contribution in [2.45, 2.75) is 26.2 Å². The zero-order valence-corrected chi connectivity index (χ0v) is 20.6. The first-order valence-electron chi connectivity index (χ1n) is 12.3. The van der Waals surface area contributed by atoms with Crippen LogP contribution in [0, 0.1) is 12.8 Å². The lowest BCUT2D eigenvalue weighted by atomic mass is 10.0. The number of carbonyl (C=O) groups excluding carboxylic acids is 1. The van der Waals surface area contributed by atoms with E-state index in [0.29, 0.717) is 53.5 Å². The number of aryl methyl sites for hydroxylation is 1. The van der Waals surface area contributed by atoms with Crippen LogP contribution in [0.3, 0.4) is 0 Å². The Labute approximate surface area is 215 Å². The lowest BCUT2D eigenvalue weighted by molar-refractivity contribution is 0.0420. The van der Waals surface area contributed by atoms with E-state index in [9.17, 15) is 4.79 Å². The van der Waals surface area contributed by atoms with E-state index < -0.39 is 0 Å². The molecule has 4 aromatic rings. The number of piperidine rings is 1. The molecule has 1 saturated heterocycles. The number of nitrogens with zero attached hydrogens (tertiary/aromatic N) is 6. The molecular formula is C27H28N8O2. The predicted octanol–water partition coefficient (Wildman–Crippen LogP) is 3.52. The van der Waals surface area contributed by atoms with Crippen molar-refractivity contribution in [3.8, 4) is 11.5 Å². The highest BCUT2D eigenvalue weighted by Gasteiger charge is 2.17. The molecule has 0 bridgehead atoms. The van der Waals surface area contributed by atoms with Gasteiger partial charge < -0.3 is 15.4 Å². The molecule has 0 unspecified atom stereocenters. The summed E-state index contributed by atoms with van der Waals surface area (Å²) in [5, 5.41) is 6.54. The van der Waals surface area contributed by atoms with Crippen LogP contribution in [0.2, 0.25) is 0 Å². The number of carbonyl (C=O) groups is 1. The van der Waals surface area contributed by atoms with Crippen molar-refractivity contribution < 1.29 is 9.53 Å². The van der Waals surface area contributed by atoms with Crippen molar-refractivity contribution in [2.75, 3.05) is 25.0 Å². The average Bonchev–Trinajstić information content (AvgIpc) is 2.93. The van der Waals surface area contributed by atoms with Gasteiger partial charge in [0, 0.05) is 49.4 Å². The van der Waals surface area contributed by atoms with Gasteiger partial charge in [-0.3, -0.25) is 4.98 Å². The number of nitrogens with one attached hydrogen (secondary N) is 2. The van der Waals surface area contributed by atoms with Gasteiger partial charge in [0.15, 0.2) is 5.82 Å². The van der Waals surface area contributed by atoms with E-state index in [1.807, 2.05) is 25.1 Å². The van der Waals surface area contributed by atoms with Crippen LogP contribution < -0.4 is 10.6 Å². The third-order valence-electron chi connectivity index (χ3n) is 5.98. The summed E-state index contributed by atoms with van der Waals surface area (Å²) in [4.78, 5) is 39.1. The Balaban J connectivity index is 1.23. The van der Waals surface area contributed by atoms with Crippen molar-refractivity contribution in [3.05, 3.63) is 83.8 Å². The molecule has 188 valence electrons. The maximum absolute atomic E-state index is 12.6. The van der Waals surface area contributed by atoms with Crippen molar-refractivity contribution >= 4 is 17.6 Å². The minimum atomic E-state index is -0.362. The Morgan fingerprint density at radius 3 is 2.78 bits per heavy atom. The Hall–Kier alpha value is -4.31. The quantitative estimate of drug-likeness (QED) is 0.350. The van der Waals surface area contributed by atoms with Gasteiger partial charge in [0.2, 0.25) is 0 Å². The van der Waals surface area contributed by atoms with Crippen molar-refractivity contribution in [1.29, 1.82) is 0 Å². The van der Waals surface area contributed by atoms with E-state index in [1.54, 1.807) is 36.8 Å². The van der Waals surface area contributed by atoms with Gasteiger partial charge >= 0.3 is 5.97 Å². The van der Waals surface area contributed by atoms with Gasteiger partial charge in [-0.2, -0.15) is 0 Å². The second-order valence-electron chi connectivity index (χ2n) is 8.98. The molecule has 0 amide bonds. The monoisotopic (exact) mass is 496 g/mol. The van der Waals surface area contributed by atoms with Gasteiger partial charge in [-0.05, 0) is 62.2 Å². The molecule has 0 spiro atoms. The molecule has 5 rings (SSSR count). The molecule has 0 radical (unpaired) electrons. The molecule has 10 nitrogen and oxygen atoms in total. The number of pyridine rings is 2. The van der Waals surface area contributed by atoms with Gasteiger partial charge in [-0.15, -0.1) is 0 Å². The minimum absolute atomic E-state index is 0.358. The molecule has 0 aliphatic carbocycles. The van der Waals surface area contributed by atoms with Gasteiger partial charge in [-0.1, -0.05) is 6.07 Å². The van der Waals surface area contributed by atoms with E-state index in [0.717, 1.165) is 37.2 Å². The highest BCUT2D eigenvalue weighted by Crippen LogP contribution is 2.18. The molecule has 1 fully saturated rings. The van der Waals surface area contributed by atoms with Gasteiger partial charge in [-0.25, -0.2) is 29.7 Å². The van der Waals surface area contributed by atoms with Crippen LogP contribution in [0.5, 0.6) is 0 Å². The normalized spacial score (nSPS) is 15.2. The number of rotatable bonds is 8. The Bertz CT molecular complexity index is 1370. The number of aromatic nitrogens is 6. The summed E-state index contributed by atoms with van der Waals surface area (Å²) in [6, 6.07) is 11.0.